The molecule has 0 atom stereocenters. The lowest BCUT2D eigenvalue weighted by Crippen LogP contribution is -2.42. The van der Waals surface area contributed by atoms with Crippen molar-refractivity contribution in [2.24, 2.45) is 0 Å². The topological polar surface area (TPSA) is 98.9 Å². The van der Waals surface area contributed by atoms with Crippen LogP contribution in [0.3, 0.4) is 0 Å². The van der Waals surface area contributed by atoms with Crippen molar-refractivity contribution in [2.75, 3.05) is 77.2 Å². The molecule has 11 heteroatoms. The predicted octanol–water partition coefficient (Wildman–Crippen LogP) is 1.40. The van der Waals surface area contributed by atoms with Gasteiger partial charge >= 0.3 is 0 Å². The van der Waals surface area contributed by atoms with Gasteiger partial charge in [0, 0.05) is 50.3 Å². The fourth-order valence-corrected chi connectivity index (χ4v) is 4.66. The Kier molecular flexibility index (Phi) is 9.26. The Labute approximate surface area is 208 Å². The third kappa shape index (κ3) is 6.53. The number of hydrazine groups is 1. The van der Waals surface area contributed by atoms with Gasteiger partial charge in [0.1, 0.15) is 0 Å². The van der Waals surface area contributed by atoms with Crippen molar-refractivity contribution in [1.29, 1.82) is 5.26 Å². The molecule has 2 fully saturated rings. The summed E-state index contributed by atoms with van der Waals surface area (Å²) in [7, 11) is 0. The van der Waals surface area contributed by atoms with E-state index in [1.165, 1.54) is 5.01 Å². The van der Waals surface area contributed by atoms with Gasteiger partial charge in [-0.1, -0.05) is 15.9 Å². The Morgan fingerprint density at radius 2 is 1.68 bits per heavy atom. The summed E-state index contributed by atoms with van der Waals surface area (Å²) >= 11 is 3.45. The van der Waals surface area contributed by atoms with Crippen LogP contribution in [-0.2, 0) is 16.0 Å². The number of nitrogens with one attached hydrogen (secondary N) is 1. The molecule has 0 bridgehead atoms. The van der Waals surface area contributed by atoms with Gasteiger partial charge in [0.15, 0.2) is 0 Å². The van der Waals surface area contributed by atoms with E-state index in [-0.39, 0.29) is 5.56 Å². The molecule has 0 radical (unpaired) electrons. The molecule has 2 saturated heterocycles. The molecule has 2 aliphatic rings. The van der Waals surface area contributed by atoms with Crippen LogP contribution in [0.4, 0.5) is 5.95 Å². The molecule has 0 saturated carbocycles. The predicted molar refractivity (Wildman–Crippen MR) is 134 cm³/mol. The molecule has 4 rings (SSSR count). The van der Waals surface area contributed by atoms with Gasteiger partial charge in [-0.25, -0.2) is 10.4 Å². The molecule has 1 N–H and O–H groups in total. The van der Waals surface area contributed by atoms with Crippen molar-refractivity contribution in [3.63, 3.8) is 0 Å². The highest BCUT2D eigenvalue weighted by atomic mass is 79.9. The first-order valence-electron chi connectivity index (χ1n) is 11.9. The van der Waals surface area contributed by atoms with E-state index in [0.717, 1.165) is 83.0 Å². The fourth-order valence-electron chi connectivity index (χ4n) is 4.30. The summed E-state index contributed by atoms with van der Waals surface area (Å²) in [6, 6.07) is 5.45. The van der Waals surface area contributed by atoms with E-state index in [9.17, 15) is 10.1 Å². The summed E-state index contributed by atoms with van der Waals surface area (Å²) in [6.07, 6.45) is 3.83. The number of nitriles is 1. The largest absolute Gasteiger partial charge is 0.379 e. The van der Waals surface area contributed by atoms with Crippen LogP contribution >= 0.6 is 15.9 Å². The van der Waals surface area contributed by atoms with Crippen LogP contribution in [0.15, 0.2) is 27.5 Å². The minimum atomic E-state index is -0.140. The van der Waals surface area contributed by atoms with E-state index in [4.69, 9.17) is 14.5 Å². The van der Waals surface area contributed by atoms with Crippen molar-refractivity contribution in [3.05, 3.63) is 33.0 Å². The van der Waals surface area contributed by atoms with E-state index >= 15 is 0 Å². The van der Waals surface area contributed by atoms with Crippen LogP contribution in [0.2, 0.25) is 0 Å². The third-order valence-electron chi connectivity index (χ3n) is 6.18. The van der Waals surface area contributed by atoms with Crippen LogP contribution < -0.4 is 16.0 Å². The molecule has 1 aromatic carbocycles. The summed E-state index contributed by atoms with van der Waals surface area (Å²) in [6.45, 7) is 9.59. The molecule has 2 aromatic rings. The number of anilines is 1. The highest BCUT2D eigenvalue weighted by Crippen LogP contribution is 2.19. The summed E-state index contributed by atoms with van der Waals surface area (Å²) < 4.78 is 13.3. The molecule has 2 aliphatic heterocycles. The minimum absolute atomic E-state index is 0.140. The normalized spacial score (nSPS) is 17.6. The second-order valence-electron chi connectivity index (χ2n) is 8.49. The van der Waals surface area contributed by atoms with Gasteiger partial charge in [-0.2, -0.15) is 10.3 Å². The zero-order valence-corrected chi connectivity index (χ0v) is 21.0. The molecular formula is C23H32BrN7O3. The molecule has 34 heavy (non-hydrogen) atoms. The van der Waals surface area contributed by atoms with Crippen molar-refractivity contribution < 1.29 is 9.47 Å². The summed E-state index contributed by atoms with van der Waals surface area (Å²) in [4.78, 5) is 22.8. The van der Waals surface area contributed by atoms with Gasteiger partial charge in [0.2, 0.25) is 12.1 Å². The number of aromatic nitrogens is 2. The van der Waals surface area contributed by atoms with Crippen molar-refractivity contribution >= 4 is 32.8 Å². The Hall–Kier alpha value is -2.07. The lowest BCUT2D eigenvalue weighted by atomic mass is 10.2. The zero-order valence-electron chi connectivity index (χ0n) is 19.4. The first kappa shape index (κ1) is 25.0. The summed E-state index contributed by atoms with van der Waals surface area (Å²) in [5.74, 6) is 0.329. The van der Waals surface area contributed by atoms with Gasteiger partial charge in [-0.05, 0) is 37.6 Å². The van der Waals surface area contributed by atoms with Gasteiger partial charge in [-0.3, -0.25) is 19.2 Å². The second kappa shape index (κ2) is 12.6. The van der Waals surface area contributed by atoms with Crippen LogP contribution in [-0.4, -0.2) is 91.6 Å². The Morgan fingerprint density at radius 3 is 2.32 bits per heavy atom. The molecular weight excluding hydrogens is 502 g/mol. The quantitative estimate of drug-likeness (QED) is 0.210. The minimum Gasteiger partial charge on any atom is -0.379 e. The molecule has 0 unspecified atom stereocenters. The molecule has 0 aliphatic carbocycles. The standard InChI is InChI=1S/C23H32BrN7O3/c24-19-3-4-21-20(17-19)22(32)30(8-2-7-29-11-15-34-16-12-29)23(27-21)31(18-25)26-5-1-6-28-9-13-33-14-10-28/h3-4,17,26H,1-2,5-16H2. The molecule has 0 amide bonds. The van der Waals surface area contributed by atoms with E-state index in [1.54, 1.807) is 16.7 Å². The molecule has 0 spiro atoms. The second-order valence-corrected chi connectivity index (χ2v) is 9.40. The lowest BCUT2D eigenvalue weighted by Gasteiger charge is -2.27. The number of fused-ring (bicyclic) bond motifs is 1. The van der Waals surface area contributed by atoms with E-state index in [2.05, 4.69) is 37.3 Å². The van der Waals surface area contributed by atoms with Crippen molar-refractivity contribution in [1.82, 2.24) is 24.8 Å². The SMILES string of the molecule is N#CN(NCCCN1CCOCC1)c1nc2ccc(Br)cc2c(=O)n1CCCN1CCOCC1. The van der Waals surface area contributed by atoms with Gasteiger partial charge in [0.05, 0.1) is 37.3 Å². The maximum atomic E-state index is 13.4. The summed E-state index contributed by atoms with van der Waals surface area (Å²) in [5, 5.41) is 11.8. The zero-order chi connectivity index (χ0) is 23.8. The van der Waals surface area contributed by atoms with E-state index < -0.39 is 0 Å². The molecule has 184 valence electrons. The highest BCUT2D eigenvalue weighted by molar-refractivity contribution is 9.10. The van der Waals surface area contributed by atoms with Crippen molar-refractivity contribution in [2.45, 2.75) is 19.4 Å². The number of ether oxygens (including phenoxy) is 2. The number of benzene rings is 1. The fraction of sp³-hybridized carbons (Fsp3) is 0.609. The number of morpholine rings is 2. The smallest absolute Gasteiger partial charge is 0.262 e. The number of halogens is 1. The van der Waals surface area contributed by atoms with Crippen LogP contribution in [0.25, 0.3) is 10.9 Å². The molecule has 1 aromatic heterocycles. The van der Waals surface area contributed by atoms with Crippen LogP contribution in [0.5, 0.6) is 0 Å². The van der Waals surface area contributed by atoms with Crippen LogP contribution in [0, 0.1) is 11.5 Å². The van der Waals surface area contributed by atoms with E-state index in [0.29, 0.717) is 29.9 Å². The van der Waals surface area contributed by atoms with Gasteiger partial charge < -0.3 is 9.47 Å². The number of hydrogen-bond donors (Lipinski definition) is 1. The monoisotopic (exact) mass is 533 g/mol. The Bertz CT molecular complexity index is 1050. The van der Waals surface area contributed by atoms with E-state index in [1.807, 2.05) is 6.07 Å². The Balaban J connectivity index is 1.48. The first-order valence-corrected chi connectivity index (χ1v) is 12.7. The lowest BCUT2D eigenvalue weighted by molar-refractivity contribution is 0.0369. The first-order chi connectivity index (χ1) is 16.7. The highest BCUT2D eigenvalue weighted by Gasteiger charge is 2.18. The average molecular weight is 534 g/mol. The number of hydrogen-bond acceptors (Lipinski definition) is 9. The van der Waals surface area contributed by atoms with Crippen molar-refractivity contribution in [3.8, 4) is 6.19 Å². The van der Waals surface area contributed by atoms with Gasteiger partial charge in [-0.15, -0.1) is 0 Å². The molecule has 10 nitrogen and oxygen atoms in total. The Morgan fingerprint density at radius 1 is 1.03 bits per heavy atom. The van der Waals surface area contributed by atoms with Crippen LogP contribution in [0.1, 0.15) is 12.8 Å². The molecule has 3 heterocycles. The summed E-state index contributed by atoms with van der Waals surface area (Å²) in [5.41, 5.74) is 3.60. The van der Waals surface area contributed by atoms with Gasteiger partial charge in [0.25, 0.3) is 5.56 Å². The number of rotatable bonds is 10. The number of nitrogens with zero attached hydrogens (tertiary/aromatic N) is 6. The third-order valence-corrected chi connectivity index (χ3v) is 6.67. The average Bonchev–Trinajstić information content (AvgIpc) is 2.87. The maximum Gasteiger partial charge on any atom is 0.262 e. The maximum absolute atomic E-state index is 13.4.